The van der Waals surface area contributed by atoms with Crippen LogP contribution in [0.2, 0.25) is 0 Å². The van der Waals surface area contributed by atoms with Gasteiger partial charge in [-0.3, -0.25) is 0 Å². The van der Waals surface area contributed by atoms with Crippen LogP contribution in [0.25, 0.3) is 0 Å². The van der Waals surface area contributed by atoms with Crippen LogP contribution in [0.3, 0.4) is 0 Å². The summed E-state index contributed by atoms with van der Waals surface area (Å²) in [6, 6.07) is 8.37. The fourth-order valence-corrected chi connectivity index (χ4v) is 2.60. The quantitative estimate of drug-likeness (QED) is 0.917. The Bertz CT molecular complexity index is 479. The standard InChI is InChI=1S/C14H18N2OS/c1-10(13-5-4-8-18-13)16(3)14-7-6-12(9-15-14)11(2)17/h4-11,17H,1-3H3. The zero-order valence-electron chi connectivity index (χ0n) is 10.9. The second kappa shape index (κ2) is 5.50. The molecule has 2 unspecified atom stereocenters. The molecular formula is C14H18N2OS. The van der Waals surface area contributed by atoms with Gasteiger partial charge in [-0.25, -0.2) is 4.98 Å². The Morgan fingerprint density at radius 3 is 2.56 bits per heavy atom. The van der Waals surface area contributed by atoms with E-state index in [4.69, 9.17) is 0 Å². The van der Waals surface area contributed by atoms with Gasteiger partial charge in [-0.2, -0.15) is 0 Å². The van der Waals surface area contributed by atoms with E-state index in [0.717, 1.165) is 11.4 Å². The molecule has 0 aromatic carbocycles. The minimum Gasteiger partial charge on any atom is -0.389 e. The third-order valence-electron chi connectivity index (χ3n) is 3.15. The second-order valence-corrected chi connectivity index (χ2v) is 5.41. The first-order valence-corrected chi connectivity index (χ1v) is 6.88. The van der Waals surface area contributed by atoms with Gasteiger partial charge in [0.1, 0.15) is 5.82 Å². The van der Waals surface area contributed by atoms with Crippen molar-refractivity contribution in [3.8, 4) is 0 Å². The molecule has 0 saturated heterocycles. The smallest absolute Gasteiger partial charge is 0.128 e. The molecule has 0 bridgehead atoms. The van der Waals surface area contributed by atoms with Gasteiger partial charge in [0.05, 0.1) is 12.1 Å². The number of hydrogen-bond donors (Lipinski definition) is 1. The second-order valence-electron chi connectivity index (χ2n) is 4.43. The Kier molecular flexibility index (Phi) is 3.99. The van der Waals surface area contributed by atoms with Crippen molar-refractivity contribution in [1.82, 2.24) is 4.98 Å². The lowest BCUT2D eigenvalue weighted by Crippen LogP contribution is -2.21. The van der Waals surface area contributed by atoms with Crippen LogP contribution in [0.1, 0.15) is 36.4 Å². The maximum atomic E-state index is 9.46. The van der Waals surface area contributed by atoms with Crippen molar-refractivity contribution >= 4 is 17.2 Å². The van der Waals surface area contributed by atoms with Crippen molar-refractivity contribution in [3.63, 3.8) is 0 Å². The highest BCUT2D eigenvalue weighted by atomic mass is 32.1. The summed E-state index contributed by atoms with van der Waals surface area (Å²) in [7, 11) is 2.04. The highest BCUT2D eigenvalue weighted by Gasteiger charge is 2.14. The van der Waals surface area contributed by atoms with Gasteiger partial charge in [-0.15, -0.1) is 11.3 Å². The SMILES string of the molecule is CC(O)c1ccc(N(C)C(C)c2cccs2)nc1. The summed E-state index contributed by atoms with van der Waals surface area (Å²) in [5.41, 5.74) is 0.843. The van der Waals surface area contributed by atoms with Crippen molar-refractivity contribution in [2.75, 3.05) is 11.9 Å². The Balaban J connectivity index is 2.16. The van der Waals surface area contributed by atoms with Crippen LogP contribution >= 0.6 is 11.3 Å². The normalized spacial score (nSPS) is 14.2. The molecule has 2 aromatic heterocycles. The monoisotopic (exact) mass is 262 g/mol. The van der Waals surface area contributed by atoms with Crippen LogP contribution < -0.4 is 4.90 Å². The summed E-state index contributed by atoms with van der Waals surface area (Å²) in [6.07, 6.45) is 1.27. The number of aliphatic hydroxyl groups is 1. The molecule has 3 nitrogen and oxygen atoms in total. The molecule has 0 spiro atoms. The van der Waals surface area contributed by atoms with Gasteiger partial charge in [0, 0.05) is 18.1 Å². The molecular weight excluding hydrogens is 244 g/mol. The van der Waals surface area contributed by atoms with E-state index in [9.17, 15) is 5.11 Å². The third-order valence-corrected chi connectivity index (χ3v) is 4.19. The Labute approximate surface area is 112 Å². The Morgan fingerprint density at radius 1 is 1.28 bits per heavy atom. The molecule has 0 aliphatic carbocycles. The molecule has 2 heterocycles. The van der Waals surface area contributed by atoms with Gasteiger partial charge in [-0.05, 0) is 36.9 Å². The molecule has 0 radical (unpaired) electrons. The third kappa shape index (κ3) is 2.71. The van der Waals surface area contributed by atoms with E-state index >= 15 is 0 Å². The molecule has 2 aromatic rings. The van der Waals surface area contributed by atoms with E-state index in [1.165, 1.54) is 4.88 Å². The zero-order valence-corrected chi connectivity index (χ0v) is 11.7. The number of aliphatic hydroxyl groups excluding tert-OH is 1. The minimum atomic E-state index is -0.466. The number of pyridine rings is 1. The molecule has 0 aliphatic rings. The topological polar surface area (TPSA) is 36.4 Å². The van der Waals surface area contributed by atoms with Crippen LogP contribution in [0.5, 0.6) is 0 Å². The van der Waals surface area contributed by atoms with Crippen molar-refractivity contribution < 1.29 is 5.11 Å². The highest BCUT2D eigenvalue weighted by molar-refractivity contribution is 7.10. The van der Waals surface area contributed by atoms with Crippen LogP contribution in [0.4, 0.5) is 5.82 Å². The lowest BCUT2D eigenvalue weighted by atomic mass is 10.2. The van der Waals surface area contributed by atoms with E-state index in [2.05, 4.69) is 34.3 Å². The predicted octanol–water partition coefficient (Wildman–Crippen LogP) is 3.39. The van der Waals surface area contributed by atoms with Gasteiger partial charge in [0.15, 0.2) is 0 Å². The van der Waals surface area contributed by atoms with Crippen molar-refractivity contribution in [3.05, 3.63) is 46.3 Å². The number of anilines is 1. The van der Waals surface area contributed by atoms with Crippen LogP contribution in [0, 0.1) is 0 Å². The number of thiophene rings is 1. The molecule has 0 amide bonds. The average molecular weight is 262 g/mol. The average Bonchev–Trinajstić information content (AvgIpc) is 2.91. The number of nitrogens with zero attached hydrogens (tertiary/aromatic N) is 2. The maximum absolute atomic E-state index is 9.46. The van der Waals surface area contributed by atoms with Gasteiger partial charge in [-0.1, -0.05) is 12.1 Å². The fraction of sp³-hybridized carbons (Fsp3) is 0.357. The van der Waals surface area contributed by atoms with Crippen molar-refractivity contribution in [2.24, 2.45) is 0 Å². The van der Waals surface area contributed by atoms with Gasteiger partial charge < -0.3 is 10.0 Å². The maximum Gasteiger partial charge on any atom is 0.128 e. The summed E-state index contributed by atoms with van der Waals surface area (Å²) < 4.78 is 0. The van der Waals surface area contributed by atoms with Crippen LogP contribution in [-0.2, 0) is 0 Å². The molecule has 1 N–H and O–H groups in total. The summed E-state index contributed by atoms with van der Waals surface area (Å²) >= 11 is 1.75. The van der Waals surface area contributed by atoms with E-state index < -0.39 is 6.10 Å². The Hall–Kier alpha value is -1.39. The van der Waals surface area contributed by atoms with E-state index in [1.807, 2.05) is 19.2 Å². The first-order valence-electron chi connectivity index (χ1n) is 6.00. The van der Waals surface area contributed by atoms with Gasteiger partial charge in [0.25, 0.3) is 0 Å². The molecule has 0 aliphatic heterocycles. The van der Waals surface area contributed by atoms with E-state index in [0.29, 0.717) is 6.04 Å². The molecule has 2 rings (SSSR count). The van der Waals surface area contributed by atoms with Crippen LogP contribution in [-0.4, -0.2) is 17.1 Å². The molecule has 18 heavy (non-hydrogen) atoms. The summed E-state index contributed by atoms with van der Waals surface area (Å²) in [5.74, 6) is 0.917. The number of aromatic nitrogens is 1. The van der Waals surface area contributed by atoms with Gasteiger partial charge in [0.2, 0.25) is 0 Å². The highest BCUT2D eigenvalue weighted by Crippen LogP contribution is 2.27. The first-order chi connectivity index (χ1) is 8.59. The molecule has 96 valence electrons. The fourth-order valence-electron chi connectivity index (χ4n) is 1.77. The minimum absolute atomic E-state index is 0.301. The number of hydrogen-bond acceptors (Lipinski definition) is 4. The van der Waals surface area contributed by atoms with E-state index in [-0.39, 0.29) is 0 Å². The van der Waals surface area contributed by atoms with Crippen LogP contribution in [0.15, 0.2) is 35.8 Å². The molecule has 0 saturated carbocycles. The summed E-state index contributed by atoms with van der Waals surface area (Å²) in [4.78, 5) is 7.86. The lowest BCUT2D eigenvalue weighted by Gasteiger charge is -2.25. The first kappa shape index (κ1) is 13.1. The molecule has 2 atom stereocenters. The Morgan fingerprint density at radius 2 is 2.06 bits per heavy atom. The van der Waals surface area contributed by atoms with E-state index in [1.54, 1.807) is 24.5 Å². The van der Waals surface area contributed by atoms with Crippen molar-refractivity contribution in [2.45, 2.75) is 26.0 Å². The largest absolute Gasteiger partial charge is 0.389 e. The molecule has 0 fully saturated rings. The molecule has 4 heteroatoms. The number of rotatable bonds is 4. The summed E-state index contributed by atoms with van der Waals surface area (Å²) in [5, 5.41) is 11.5. The van der Waals surface area contributed by atoms with Crippen molar-refractivity contribution in [1.29, 1.82) is 0 Å². The zero-order chi connectivity index (χ0) is 13.1. The lowest BCUT2D eigenvalue weighted by molar-refractivity contribution is 0.199. The van der Waals surface area contributed by atoms with Gasteiger partial charge >= 0.3 is 0 Å². The predicted molar refractivity (Wildman–Crippen MR) is 76.0 cm³/mol. The summed E-state index contributed by atoms with van der Waals surface area (Å²) in [6.45, 7) is 3.91.